The lowest BCUT2D eigenvalue weighted by Crippen LogP contribution is -2.45. The number of nitrogens with zero attached hydrogens (tertiary/aromatic N) is 1. The van der Waals surface area contributed by atoms with E-state index in [-0.39, 0.29) is 11.4 Å². The highest BCUT2D eigenvalue weighted by molar-refractivity contribution is 7.92. The summed E-state index contributed by atoms with van der Waals surface area (Å²) in [4.78, 5) is 12.3. The van der Waals surface area contributed by atoms with Crippen molar-refractivity contribution < 1.29 is 22.0 Å². The van der Waals surface area contributed by atoms with E-state index in [4.69, 9.17) is 0 Å². The number of benzene rings is 2. The molecule has 0 radical (unpaired) electrons. The van der Waals surface area contributed by atoms with Gasteiger partial charge >= 0.3 is 0 Å². The van der Waals surface area contributed by atoms with Crippen LogP contribution in [0.2, 0.25) is 0 Å². The molecule has 8 heteroatoms. The van der Waals surface area contributed by atoms with Crippen LogP contribution in [0.1, 0.15) is 6.92 Å². The van der Waals surface area contributed by atoms with Crippen molar-refractivity contribution >= 4 is 27.3 Å². The first-order valence-corrected chi connectivity index (χ1v) is 8.85. The zero-order chi connectivity index (χ0) is 17.9. The first-order valence-electron chi connectivity index (χ1n) is 7.00. The minimum atomic E-state index is -3.87. The first kappa shape index (κ1) is 17.9. The van der Waals surface area contributed by atoms with E-state index in [0.29, 0.717) is 0 Å². The smallest absolute Gasteiger partial charge is 0.248 e. The molecule has 0 fully saturated rings. The predicted molar refractivity (Wildman–Crippen MR) is 88.2 cm³/mol. The second-order valence-corrected chi connectivity index (χ2v) is 7.04. The number of para-hydroxylation sites is 1. The maximum absolute atomic E-state index is 13.6. The Balaban J connectivity index is 2.33. The number of halogens is 2. The lowest BCUT2D eigenvalue weighted by molar-refractivity contribution is -0.116. The average molecular weight is 354 g/mol. The summed E-state index contributed by atoms with van der Waals surface area (Å²) in [5, 5.41) is 2.33. The van der Waals surface area contributed by atoms with E-state index >= 15 is 0 Å². The van der Waals surface area contributed by atoms with Gasteiger partial charge in [-0.25, -0.2) is 17.2 Å². The van der Waals surface area contributed by atoms with Crippen LogP contribution in [0.3, 0.4) is 0 Å². The molecular weight excluding hydrogens is 338 g/mol. The molecule has 0 aliphatic rings. The van der Waals surface area contributed by atoms with Gasteiger partial charge in [0.05, 0.1) is 17.6 Å². The molecule has 128 valence electrons. The van der Waals surface area contributed by atoms with E-state index in [1.807, 2.05) is 0 Å². The van der Waals surface area contributed by atoms with Gasteiger partial charge in [0.25, 0.3) is 0 Å². The quantitative estimate of drug-likeness (QED) is 0.898. The van der Waals surface area contributed by atoms with Crippen molar-refractivity contribution in [2.75, 3.05) is 15.9 Å². The zero-order valence-electron chi connectivity index (χ0n) is 13.0. The number of carbonyl (C=O) groups is 1. The molecule has 0 saturated heterocycles. The Hall–Kier alpha value is -2.48. The highest BCUT2D eigenvalue weighted by Crippen LogP contribution is 2.22. The first-order chi connectivity index (χ1) is 11.2. The number of sulfonamides is 1. The fourth-order valence-electron chi connectivity index (χ4n) is 2.22. The van der Waals surface area contributed by atoms with Crippen molar-refractivity contribution in [2.24, 2.45) is 0 Å². The lowest BCUT2D eigenvalue weighted by atomic mass is 10.2. The average Bonchev–Trinajstić information content (AvgIpc) is 2.48. The lowest BCUT2D eigenvalue weighted by Gasteiger charge is -2.28. The van der Waals surface area contributed by atoms with Crippen LogP contribution in [0, 0.1) is 11.6 Å². The Morgan fingerprint density at radius 2 is 1.79 bits per heavy atom. The van der Waals surface area contributed by atoms with E-state index in [0.717, 1.165) is 22.7 Å². The van der Waals surface area contributed by atoms with Crippen LogP contribution in [0.4, 0.5) is 20.2 Å². The number of nitrogens with one attached hydrogen (secondary N) is 1. The maximum atomic E-state index is 13.6. The number of anilines is 2. The van der Waals surface area contributed by atoms with E-state index in [1.54, 1.807) is 0 Å². The molecule has 5 nitrogen and oxygen atoms in total. The molecule has 0 spiro atoms. The fraction of sp³-hybridized carbons (Fsp3) is 0.188. The third-order valence-corrected chi connectivity index (χ3v) is 4.52. The van der Waals surface area contributed by atoms with Crippen molar-refractivity contribution in [3.05, 3.63) is 60.2 Å². The molecule has 0 saturated carbocycles. The normalized spacial score (nSPS) is 12.5. The monoisotopic (exact) mass is 354 g/mol. The minimum absolute atomic E-state index is 0.00804. The summed E-state index contributed by atoms with van der Waals surface area (Å²) in [6, 6.07) is 9.19. The Labute approximate surface area is 139 Å². The van der Waals surface area contributed by atoms with Crippen LogP contribution in [-0.2, 0) is 14.8 Å². The highest BCUT2D eigenvalue weighted by atomic mass is 32.2. The maximum Gasteiger partial charge on any atom is 0.248 e. The number of rotatable bonds is 5. The van der Waals surface area contributed by atoms with Gasteiger partial charge in [0.1, 0.15) is 17.7 Å². The molecule has 0 bridgehead atoms. The summed E-state index contributed by atoms with van der Waals surface area (Å²) in [6.45, 7) is 1.34. The summed E-state index contributed by atoms with van der Waals surface area (Å²) < 4.78 is 51.9. The van der Waals surface area contributed by atoms with Crippen LogP contribution in [-0.4, -0.2) is 26.6 Å². The van der Waals surface area contributed by atoms with Gasteiger partial charge in [-0.15, -0.1) is 0 Å². The standard InChI is InChI=1S/C16H16F2N2O3S/c1-11(16(21)19-15-9-4-3-8-14(15)18)20(24(2,22)23)13-7-5-6-12(17)10-13/h3-11H,1-2H3,(H,19,21). The number of hydrogen-bond acceptors (Lipinski definition) is 3. The number of hydrogen-bond donors (Lipinski definition) is 1. The molecule has 2 aromatic carbocycles. The van der Waals surface area contributed by atoms with Crippen LogP contribution < -0.4 is 9.62 Å². The van der Waals surface area contributed by atoms with Gasteiger partial charge in [-0.1, -0.05) is 18.2 Å². The molecule has 24 heavy (non-hydrogen) atoms. The fourth-order valence-corrected chi connectivity index (χ4v) is 3.39. The van der Waals surface area contributed by atoms with Crippen LogP contribution in [0.25, 0.3) is 0 Å². The van der Waals surface area contributed by atoms with E-state index in [9.17, 15) is 22.0 Å². The second-order valence-electron chi connectivity index (χ2n) is 5.18. The molecule has 1 N–H and O–H groups in total. The second kappa shape index (κ2) is 6.96. The Morgan fingerprint density at radius 1 is 1.12 bits per heavy atom. The highest BCUT2D eigenvalue weighted by Gasteiger charge is 2.29. The van der Waals surface area contributed by atoms with Crippen LogP contribution in [0.15, 0.2) is 48.5 Å². The Kier molecular flexibility index (Phi) is 5.18. The molecule has 1 unspecified atom stereocenters. The molecule has 0 aliphatic heterocycles. The van der Waals surface area contributed by atoms with Gasteiger partial charge in [-0.3, -0.25) is 9.10 Å². The predicted octanol–water partition coefficient (Wildman–Crippen LogP) is 2.76. The van der Waals surface area contributed by atoms with Gasteiger partial charge < -0.3 is 5.32 Å². The number of amides is 1. The van der Waals surface area contributed by atoms with Crippen molar-refractivity contribution in [1.29, 1.82) is 0 Å². The molecule has 2 aromatic rings. The van der Waals surface area contributed by atoms with E-state index < -0.39 is 33.6 Å². The summed E-state index contributed by atoms with van der Waals surface area (Å²) in [5.74, 6) is -2.02. The van der Waals surface area contributed by atoms with Gasteiger partial charge in [-0.05, 0) is 37.3 Å². The summed E-state index contributed by atoms with van der Waals surface area (Å²) in [5.41, 5.74) is -0.0595. The van der Waals surface area contributed by atoms with Gasteiger partial charge in [0.15, 0.2) is 0 Å². The van der Waals surface area contributed by atoms with Crippen molar-refractivity contribution in [3.63, 3.8) is 0 Å². The molecular formula is C16H16F2N2O3S. The molecule has 2 rings (SSSR count). The van der Waals surface area contributed by atoms with Crippen LogP contribution >= 0.6 is 0 Å². The SMILES string of the molecule is CC(C(=O)Nc1ccccc1F)N(c1cccc(F)c1)S(C)(=O)=O. The van der Waals surface area contributed by atoms with Gasteiger partial charge in [-0.2, -0.15) is 0 Å². The van der Waals surface area contributed by atoms with Gasteiger partial charge in [0.2, 0.25) is 15.9 Å². The molecule has 0 aromatic heterocycles. The van der Waals surface area contributed by atoms with Crippen molar-refractivity contribution in [3.8, 4) is 0 Å². The van der Waals surface area contributed by atoms with Gasteiger partial charge in [0, 0.05) is 0 Å². The third-order valence-electron chi connectivity index (χ3n) is 3.28. The van der Waals surface area contributed by atoms with Crippen molar-refractivity contribution in [2.45, 2.75) is 13.0 Å². The van der Waals surface area contributed by atoms with E-state index in [1.165, 1.54) is 43.3 Å². The van der Waals surface area contributed by atoms with Crippen LogP contribution in [0.5, 0.6) is 0 Å². The minimum Gasteiger partial charge on any atom is -0.322 e. The van der Waals surface area contributed by atoms with Crippen molar-refractivity contribution in [1.82, 2.24) is 0 Å². The largest absolute Gasteiger partial charge is 0.322 e. The molecule has 0 heterocycles. The molecule has 1 amide bonds. The molecule has 0 aliphatic carbocycles. The third kappa shape index (κ3) is 4.08. The summed E-state index contributed by atoms with van der Waals surface area (Å²) in [7, 11) is -3.87. The summed E-state index contributed by atoms with van der Waals surface area (Å²) in [6.07, 6.45) is 0.908. The Bertz CT molecular complexity index is 856. The van der Waals surface area contributed by atoms with E-state index in [2.05, 4.69) is 5.32 Å². The zero-order valence-corrected chi connectivity index (χ0v) is 13.8. The number of carbonyl (C=O) groups excluding carboxylic acids is 1. The Morgan fingerprint density at radius 3 is 2.38 bits per heavy atom. The topological polar surface area (TPSA) is 66.5 Å². The summed E-state index contributed by atoms with van der Waals surface area (Å²) >= 11 is 0. The molecule has 1 atom stereocenters.